The third-order valence-corrected chi connectivity index (χ3v) is 4.11. The van der Waals surface area contributed by atoms with Crippen molar-refractivity contribution >= 4 is 0 Å². The van der Waals surface area contributed by atoms with Gasteiger partial charge in [-0.1, -0.05) is 0 Å². The molecular weight excluding hydrogens is 162 g/mol. The van der Waals surface area contributed by atoms with Gasteiger partial charge < -0.3 is 10.0 Å². The van der Waals surface area contributed by atoms with Gasteiger partial charge in [0.1, 0.15) is 0 Å². The van der Waals surface area contributed by atoms with E-state index >= 15 is 0 Å². The van der Waals surface area contributed by atoms with E-state index in [9.17, 15) is 5.11 Å². The second-order valence-electron chi connectivity index (χ2n) is 5.50. The van der Waals surface area contributed by atoms with Crippen LogP contribution in [-0.2, 0) is 0 Å². The first-order valence-corrected chi connectivity index (χ1v) is 5.66. The quantitative estimate of drug-likeness (QED) is 0.693. The predicted molar refractivity (Wildman–Crippen MR) is 51.5 cm³/mol. The minimum absolute atomic E-state index is 0.0150. The number of aliphatic hydroxyl groups is 1. The number of nitrogens with zero attached hydrogens (tertiary/aromatic N) is 1. The summed E-state index contributed by atoms with van der Waals surface area (Å²) >= 11 is 0. The predicted octanol–water partition coefficient (Wildman–Crippen LogP) is 1.24. The third-order valence-electron chi connectivity index (χ3n) is 4.11. The van der Waals surface area contributed by atoms with Crippen LogP contribution in [0.2, 0.25) is 0 Å². The lowest BCUT2D eigenvalue weighted by molar-refractivity contribution is 0.0622. The van der Waals surface area contributed by atoms with Gasteiger partial charge in [-0.15, -0.1) is 0 Å². The van der Waals surface area contributed by atoms with Crippen LogP contribution in [0.4, 0.5) is 0 Å². The molecule has 1 saturated heterocycles. The maximum absolute atomic E-state index is 9.40. The van der Waals surface area contributed by atoms with E-state index in [4.69, 9.17) is 0 Å². The molecule has 0 aromatic carbocycles. The van der Waals surface area contributed by atoms with Gasteiger partial charge in [0.25, 0.3) is 0 Å². The van der Waals surface area contributed by atoms with Crippen LogP contribution in [0.25, 0.3) is 0 Å². The fourth-order valence-corrected chi connectivity index (χ4v) is 3.10. The molecule has 1 heterocycles. The Kier molecular flexibility index (Phi) is 1.72. The Labute approximate surface area is 79.9 Å². The molecule has 0 bridgehead atoms. The van der Waals surface area contributed by atoms with Crippen LogP contribution in [0, 0.1) is 11.3 Å². The summed E-state index contributed by atoms with van der Waals surface area (Å²) in [6.45, 7) is 3.98. The van der Waals surface area contributed by atoms with Gasteiger partial charge in [0.2, 0.25) is 0 Å². The minimum Gasteiger partial charge on any atom is -0.393 e. The SMILES string of the molecule is OC1CCC(CN2CC3(CC3)C2)C1. The highest BCUT2D eigenvalue weighted by Gasteiger charge is 2.52. The summed E-state index contributed by atoms with van der Waals surface area (Å²) < 4.78 is 0. The Morgan fingerprint density at radius 2 is 2.00 bits per heavy atom. The van der Waals surface area contributed by atoms with Crippen LogP contribution >= 0.6 is 0 Å². The monoisotopic (exact) mass is 181 g/mol. The van der Waals surface area contributed by atoms with Crippen LogP contribution in [0.15, 0.2) is 0 Å². The molecule has 3 fully saturated rings. The van der Waals surface area contributed by atoms with Crippen molar-refractivity contribution in [1.82, 2.24) is 4.90 Å². The Hall–Kier alpha value is -0.0800. The summed E-state index contributed by atoms with van der Waals surface area (Å²) in [5, 5.41) is 9.40. The molecule has 2 aliphatic carbocycles. The van der Waals surface area contributed by atoms with Gasteiger partial charge >= 0.3 is 0 Å². The number of likely N-dealkylation sites (tertiary alicyclic amines) is 1. The number of hydrogen-bond acceptors (Lipinski definition) is 2. The van der Waals surface area contributed by atoms with Crippen molar-refractivity contribution in [3.05, 3.63) is 0 Å². The van der Waals surface area contributed by atoms with Gasteiger partial charge in [-0.05, 0) is 43.4 Å². The van der Waals surface area contributed by atoms with E-state index in [2.05, 4.69) is 4.90 Å². The standard InChI is InChI=1S/C11H19NO/c13-10-2-1-9(5-10)6-12-7-11(8-12)3-4-11/h9-10,13H,1-8H2. The Bertz CT molecular complexity index is 204. The van der Waals surface area contributed by atoms with Crippen LogP contribution < -0.4 is 0 Å². The van der Waals surface area contributed by atoms with E-state index in [1.807, 2.05) is 0 Å². The normalized spacial score (nSPS) is 42.2. The number of aliphatic hydroxyl groups excluding tert-OH is 1. The molecule has 1 N–H and O–H groups in total. The van der Waals surface area contributed by atoms with E-state index in [1.165, 1.54) is 38.9 Å². The smallest absolute Gasteiger partial charge is 0.0543 e. The second kappa shape index (κ2) is 2.71. The van der Waals surface area contributed by atoms with Gasteiger partial charge in [0.05, 0.1) is 6.10 Å². The van der Waals surface area contributed by atoms with Crippen LogP contribution in [0.3, 0.4) is 0 Å². The number of hydrogen-bond donors (Lipinski definition) is 1. The molecule has 2 heteroatoms. The summed E-state index contributed by atoms with van der Waals surface area (Å²) in [6, 6.07) is 0. The van der Waals surface area contributed by atoms with Gasteiger partial charge in [-0.3, -0.25) is 0 Å². The van der Waals surface area contributed by atoms with Gasteiger partial charge in [-0.25, -0.2) is 0 Å². The molecule has 0 radical (unpaired) electrons. The summed E-state index contributed by atoms with van der Waals surface area (Å²) in [5.41, 5.74) is 0.803. The molecule has 3 rings (SSSR count). The Balaban J connectivity index is 1.43. The molecule has 2 saturated carbocycles. The molecule has 13 heavy (non-hydrogen) atoms. The molecule has 2 nitrogen and oxygen atoms in total. The van der Waals surface area contributed by atoms with E-state index in [-0.39, 0.29) is 6.10 Å². The fraction of sp³-hybridized carbons (Fsp3) is 1.00. The first kappa shape index (κ1) is 8.25. The average Bonchev–Trinajstić information content (AvgIpc) is 2.70. The molecule has 0 aromatic rings. The van der Waals surface area contributed by atoms with Crippen molar-refractivity contribution < 1.29 is 5.11 Å². The highest BCUT2D eigenvalue weighted by atomic mass is 16.3. The summed E-state index contributed by atoms with van der Waals surface area (Å²) in [5.74, 6) is 0.797. The first-order valence-electron chi connectivity index (χ1n) is 5.66. The van der Waals surface area contributed by atoms with E-state index in [0.717, 1.165) is 24.2 Å². The zero-order valence-electron chi connectivity index (χ0n) is 8.21. The van der Waals surface area contributed by atoms with E-state index in [1.54, 1.807) is 0 Å². The third kappa shape index (κ3) is 1.50. The Morgan fingerprint density at radius 3 is 2.54 bits per heavy atom. The lowest BCUT2D eigenvalue weighted by Crippen LogP contribution is -2.49. The van der Waals surface area contributed by atoms with Gasteiger partial charge in [0, 0.05) is 19.6 Å². The molecule has 1 aliphatic heterocycles. The molecule has 3 aliphatic rings. The maximum Gasteiger partial charge on any atom is 0.0543 e. The molecule has 2 unspecified atom stereocenters. The van der Waals surface area contributed by atoms with Crippen molar-refractivity contribution in [3.8, 4) is 0 Å². The van der Waals surface area contributed by atoms with E-state index < -0.39 is 0 Å². The summed E-state index contributed by atoms with van der Waals surface area (Å²) in [7, 11) is 0. The van der Waals surface area contributed by atoms with Crippen LogP contribution in [0.1, 0.15) is 32.1 Å². The van der Waals surface area contributed by atoms with Crippen molar-refractivity contribution in [1.29, 1.82) is 0 Å². The zero-order chi connectivity index (χ0) is 8.89. The maximum atomic E-state index is 9.40. The molecule has 0 aromatic heterocycles. The first-order chi connectivity index (χ1) is 6.26. The molecule has 1 spiro atoms. The zero-order valence-corrected chi connectivity index (χ0v) is 8.21. The molecule has 0 amide bonds. The topological polar surface area (TPSA) is 23.5 Å². The molecule has 74 valence electrons. The average molecular weight is 181 g/mol. The molecule has 2 atom stereocenters. The van der Waals surface area contributed by atoms with Gasteiger partial charge in [-0.2, -0.15) is 0 Å². The highest BCUT2D eigenvalue weighted by Crippen LogP contribution is 2.53. The van der Waals surface area contributed by atoms with Crippen LogP contribution in [0.5, 0.6) is 0 Å². The fourth-order valence-electron chi connectivity index (χ4n) is 3.10. The highest BCUT2D eigenvalue weighted by molar-refractivity contribution is 5.05. The van der Waals surface area contributed by atoms with Crippen molar-refractivity contribution in [2.24, 2.45) is 11.3 Å². The van der Waals surface area contributed by atoms with Crippen molar-refractivity contribution in [3.63, 3.8) is 0 Å². The van der Waals surface area contributed by atoms with E-state index in [0.29, 0.717) is 0 Å². The van der Waals surface area contributed by atoms with Crippen molar-refractivity contribution in [2.75, 3.05) is 19.6 Å². The minimum atomic E-state index is 0.0150. The second-order valence-corrected chi connectivity index (χ2v) is 5.50. The van der Waals surface area contributed by atoms with Crippen LogP contribution in [-0.4, -0.2) is 35.7 Å². The van der Waals surface area contributed by atoms with Crippen molar-refractivity contribution in [2.45, 2.75) is 38.2 Å². The Morgan fingerprint density at radius 1 is 1.23 bits per heavy atom. The summed E-state index contributed by atoms with van der Waals surface area (Å²) in [4.78, 5) is 2.59. The van der Waals surface area contributed by atoms with Gasteiger partial charge in [0.15, 0.2) is 0 Å². The lowest BCUT2D eigenvalue weighted by Gasteiger charge is -2.41. The molecular formula is C11H19NO. The summed E-state index contributed by atoms with van der Waals surface area (Å²) in [6.07, 6.45) is 6.34. The number of rotatable bonds is 2. The largest absolute Gasteiger partial charge is 0.393 e. The lowest BCUT2D eigenvalue weighted by atomic mass is 9.94.